The molecule has 1 aromatic heterocycles. The number of benzene rings is 1. The molecule has 0 amide bonds. The van der Waals surface area contributed by atoms with Gasteiger partial charge in [0.05, 0.1) is 5.69 Å². The van der Waals surface area contributed by atoms with E-state index in [1.54, 1.807) is 0 Å². The summed E-state index contributed by atoms with van der Waals surface area (Å²) < 4.78 is 40.3. The minimum Gasteiger partial charge on any atom is -0.312 e. The number of rotatable bonds is 5. The van der Waals surface area contributed by atoms with Gasteiger partial charge in [-0.05, 0) is 24.6 Å². The summed E-state index contributed by atoms with van der Waals surface area (Å²) in [5.74, 6) is -3.65. The molecule has 0 atom stereocenters. The van der Waals surface area contributed by atoms with Crippen LogP contribution in [0, 0.1) is 17.5 Å². The number of thiazole rings is 1. The van der Waals surface area contributed by atoms with Crippen molar-refractivity contribution in [3.05, 3.63) is 40.2 Å². The third kappa shape index (κ3) is 3.27. The lowest BCUT2D eigenvalue weighted by molar-refractivity contribution is 0.449. The maximum absolute atomic E-state index is 13.9. The van der Waals surface area contributed by atoms with Crippen LogP contribution >= 0.6 is 11.3 Å². The van der Waals surface area contributed by atoms with Gasteiger partial charge in [0.25, 0.3) is 0 Å². The van der Waals surface area contributed by atoms with Crippen LogP contribution in [0.1, 0.15) is 37.3 Å². The van der Waals surface area contributed by atoms with Crippen molar-refractivity contribution in [1.82, 2.24) is 10.3 Å². The molecule has 0 saturated heterocycles. The van der Waals surface area contributed by atoms with Crippen molar-refractivity contribution in [2.24, 2.45) is 0 Å². The SMILES string of the molecule is CCNCc1sc(-c2ccc(F)c(F)c2F)nc1C(C)C. The summed E-state index contributed by atoms with van der Waals surface area (Å²) in [5.41, 5.74) is 0.864. The lowest BCUT2D eigenvalue weighted by atomic mass is 10.1. The van der Waals surface area contributed by atoms with Gasteiger partial charge < -0.3 is 5.32 Å². The minimum atomic E-state index is -1.46. The second-order valence-corrected chi connectivity index (χ2v) is 6.07. The highest BCUT2D eigenvalue weighted by Gasteiger charge is 2.20. The van der Waals surface area contributed by atoms with E-state index in [4.69, 9.17) is 0 Å². The summed E-state index contributed by atoms with van der Waals surface area (Å²) in [5, 5.41) is 3.58. The highest BCUT2D eigenvalue weighted by atomic mass is 32.1. The molecule has 2 rings (SSSR count). The first-order valence-corrected chi connectivity index (χ1v) is 7.61. The van der Waals surface area contributed by atoms with Gasteiger partial charge in [-0.1, -0.05) is 20.8 Å². The number of halogens is 3. The molecule has 21 heavy (non-hydrogen) atoms. The Hall–Kier alpha value is -1.40. The monoisotopic (exact) mass is 314 g/mol. The molecule has 0 aliphatic carbocycles. The van der Waals surface area contributed by atoms with E-state index in [-0.39, 0.29) is 11.5 Å². The number of nitrogens with zero attached hydrogens (tertiary/aromatic N) is 1. The van der Waals surface area contributed by atoms with Crippen LogP contribution in [0.3, 0.4) is 0 Å². The van der Waals surface area contributed by atoms with Crippen LogP contribution in [-0.2, 0) is 6.54 Å². The number of nitrogens with one attached hydrogen (secondary N) is 1. The smallest absolute Gasteiger partial charge is 0.195 e. The molecule has 0 spiro atoms. The van der Waals surface area contributed by atoms with E-state index >= 15 is 0 Å². The summed E-state index contributed by atoms with van der Waals surface area (Å²) in [6.07, 6.45) is 0. The van der Waals surface area contributed by atoms with Crippen molar-refractivity contribution in [1.29, 1.82) is 0 Å². The molecular weight excluding hydrogens is 297 g/mol. The van der Waals surface area contributed by atoms with Gasteiger partial charge in [-0.25, -0.2) is 18.2 Å². The normalized spacial score (nSPS) is 11.4. The van der Waals surface area contributed by atoms with E-state index in [9.17, 15) is 13.2 Å². The molecule has 2 aromatic rings. The molecule has 0 fully saturated rings. The zero-order chi connectivity index (χ0) is 15.6. The Kier molecular flexibility index (Phi) is 5.00. The van der Waals surface area contributed by atoms with Gasteiger partial charge in [0.15, 0.2) is 17.5 Å². The van der Waals surface area contributed by atoms with Gasteiger partial charge in [0.2, 0.25) is 0 Å². The van der Waals surface area contributed by atoms with Crippen molar-refractivity contribution in [2.45, 2.75) is 33.2 Å². The Balaban J connectivity index is 2.47. The minimum absolute atomic E-state index is 0.00329. The molecule has 6 heteroatoms. The van der Waals surface area contributed by atoms with Gasteiger partial charge in [-0.2, -0.15) is 0 Å². The number of hydrogen-bond acceptors (Lipinski definition) is 3. The predicted molar refractivity (Wildman–Crippen MR) is 78.9 cm³/mol. The fraction of sp³-hybridized carbons (Fsp3) is 0.400. The highest BCUT2D eigenvalue weighted by Crippen LogP contribution is 2.34. The molecule has 0 aliphatic heterocycles. The second kappa shape index (κ2) is 6.58. The van der Waals surface area contributed by atoms with Gasteiger partial charge >= 0.3 is 0 Å². The molecule has 114 valence electrons. The quantitative estimate of drug-likeness (QED) is 0.824. The Bertz CT molecular complexity index is 638. The Morgan fingerprint density at radius 1 is 1.19 bits per heavy atom. The second-order valence-electron chi connectivity index (χ2n) is 4.99. The fourth-order valence-electron chi connectivity index (χ4n) is 1.99. The molecule has 2 nitrogen and oxygen atoms in total. The topological polar surface area (TPSA) is 24.9 Å². The van der Waals surface area contributed by atoms with Crippen molar-refractivity contribution in [2.75, 3.05) is 6.54 Å². The van der Waals surface area contributed by atoms with Crippen LogP contribution in [0.25, 0.3) is 10.6 Å². The standard InChI is InChI=1S/C15H17F3N2S/c1-4-19-7-11-14(8(2)3)20-15(21-11)9-5-6-10(16)13(18)12(9)17/h5-6,8,19H,4,7H2,1-3H3. The molecule has 0 aliphatic rings. The number of aromatic nitrogens is 1. The van der Waals surface area contributed by atoms with Crippen molar-refractivity contribution in [3.63, 3.8) is 0 Å². The summed E-state index contributed by atoms with van der Waals surface area (Å²) in [6, 6.07) is 2.15. The molecule has 1 heterocycles. The molecule has 0 radical (unpaired) electrons. The molecule has 1 aromatic carbocycles. The van der Waals surface area contributed by atoms with Crippen LogP contribution in [0.2, 0.25) is 0 Å². The van der Waals surface area contributed by atoms with E-state index in [2.05, 4.69) is 10.3 Å². The third-order valence-electron chi connectivity index (χ3n) is 3.08. The predicted octanol–water partition coefficient (Wildman–Crippen LogP) is 4.46. The Morgan fingerprint density at radius 3 is 2.52 bits per heavy atom. The average molecular weight is 314 g/mol. The van der Waals surface area contributed by atoms with Gasteiger partial charge in [0, 0.05) is 17.0 Å². The molecular formula is C15H17F3N2S. The van der Waals surface area contributed by atoms with Crippen LogP contribution in [0.15, 0.2) is 12.1 Å². The molecule has 0 bridgehead atoms. The fourth-order valence-corrected chi connectivity index (χ4v) is 3.19. The summed E-state index contributed by atoms with van der Waals surface area (Å²) in [6.45, 7) is 7.43. The summed E-state index contributed by atoms with van der Waals surface area (Å²) in [7, 11) is 0. The van der Waals surface area contributed by atoms with Gasteiger partial charge in [0.1, 0.15) is 5.01 Å². The van der Waals surface area contributed by atoms with Crippen LogP contribution in [0.5, 0.6) is 0 Å². The van der Waals surface area contributed by atoms with E-state index < -0.39 is 17.5 Å². The van der Waals surface area contributed by atoms with Gasteiger partial charge in [-0.3, -0.25) is 0 Å². The van der Waals surface area contributed by atoms with Crippen LogP contribution in [0.4, 0.5) is 13.2 Å². The molecule has 0 unspecified atom stereocenters. The third-order valence-corrected chi connectivity index (χ3v) is 4.18. The summed E-state index contributed by atoms with van der Waals surface area (Å²) >= 11 is 1.31. The Labute approximate surface area is 126 Å². The van der Waals surface area contributed by atoms with E-state index in [1.807, 2.05) is 20.8 Å². The first kappa shape index (κ1) is 16.0. The maximum Gasteiger partial charge on any atom is 0.195 e. The molecule has 1 N–H and O–H groups in total. The van der Waals surface area contributed by atoms with Crippen molar-refractivity contribution < 1.29 is 13.2 Å². The largest absolute Gasteiger partial charge is 0.312 e. The number of hydrogen-bond donors (Lipinski definition) is 1. The Morgan fingerprint density at radius 2 is 1.90 bits per heavy atom. The first-order chi connectivity index (χ1) is 9.95. The average Bonchev–Trinajstić information content (AvgIpc) is 2.87. The van der Waals surface area contributed by atoms with Crippen LogP contribution in [-0.4, -0.2) is 11.5 Å². The van der Waals surface area contributed by atoms with Crippen molar-refractivity contribution >= 4 is 11.3 Å². The van der Waals surface area contributed by atoms with E-state index in [1.165, 1.54) is 17.4 Å². The van der Waals surface area contributed by atoms with Gasteiger partial charge in [-0.15, -0.1) is 11.3 Å². The van der Waals surface area contributed by atoms with Crippen LogP contribution < -0.4 is 5.32 Å². The zero-order valence-electron chi connectivity index (χ0n) is 12.1. The van der Waals surface area contributed by atoms with E-state index in [0.717, 1.165) is 23.2 Å². The first-order valence-electron chi connectivity index (χ1n) is 6.79. The maximum atomic E-state index is 13.9. The zero-order valence-corrected chi connectivity index (χ0v) is 13.0. The highest BCUT2D eigenvalue weighted by molar-refractivity contribution is 7.15. The lowest BCUT2D eigenvalue weighted by Crippen LogP contribution is -2.12. The van der Waals surface area contributed by atoms with Crippen molar-refractivity contribution in [3.8, 4) is 10.6 Å². The molecule has 0 saturated carbocycles. The summed E-state index contributed by atoms with van der Waals surface area (Å²) in [4.78, 5) is 5.41. The van der Waals surface area contributed by atoms with E-state index in [0.29, 0.717) is 11.6 Å². The lowest BCUT2D eigenvalue weighted by Gasteiger charge is -2.04.